The van der Waals surface area contributed by atoms with E-state index in [1.807, 2.05) is 12.1 Å². The Morgan fingerprint density at radius 2 is 1.24 bits per heavy atom. The Bertz CT molecular complexity index is 971. The fourth-order valence-corrected chi connectivity index (χ4v) is 2.46. The summed E-state index contributed by atoms with van der Waals surface area (Å²) >= 11 is 0. The molecular formula is C17H15N3O4S+2. The molecule has 0 spiro atoms. The van der Waals surface area contributed by atoms with Gasteiger partial charge >= 0.3 is 10.1 Å². The number of aromatic amines is 1. The van der Waals surface area contributed by atoms with Crippen LogP contribution in [0.25, 0.3) is 0 Å². The van der Waals surface area contributed by atoms with E-state index >= 15 is 0 Å². The maximum absolute atomic E-state index is 11.1. The predicted octanol–water partition coefficient (Wildman–Crippen LogP) is 3.12. The van der Waals surface area contributed by atoms with Crippen LogP contribution >= 0.6 is 0 Å². The van der Waals surface area contributed by atoms with E-state index in [-0.39, 0.29) is 4.90 Å². The SMILES string of the molecule is O=S(=O)([OH2+])c1ccc(Oc2ccc(N=Nc3cc[nH+]cc3)cc2)cc1. The number of pyridine rings is 1. The molecule has 2 aromatic carbocycles. The Hall–Kier alpha value is -3.10. The van der Waals surface area contributed by atoms with E-state index in [0.29, 0.717) is 17.2 Å². The Kier molecular flexibility index (Phi) is 4.82. The van der Waals surface area contributed by atoms with Crippen LogP contribution in [0.15, 0.2) is 88.2 Å². The molecular weight excluding hydrogens is 342 g/mol. The Labute approximate surface area is 144 Å². The van der Waals surface area contributed by atoms with Crippen molar-refractivity contribution in [1.29, 1.82) is 0 Å². The van der Waals surface area contributed by atoms with Crippen molar-refractivity contribution in [3.63, 3.8) is 0 Å². The number of nitrogens with one attached hydrogen (secondary N) is 1. The lowest BCUT2D eigenvalue weighted by molar-refractivity contribution is -0.377. The van der Waals surface area contributed by atoms with E-state index < -0.39 is 10.1 Å². The van der Waals surface area contributed by atoms with Crippen LogP contribution in [0.5, 0.6) is 11.5 Å². The van der Waals surface area contributed by atoms with Crippen molar-refractivity contribution in [2.75, 3.05) is 0 Å². The summed E-state index contributed by atoms with van der Waals surface area (Å²) in [7, 11) is -3.96. The first-order chi connectivity index (χ1) is 12.0. The van der Waals surface area contributed by atoms with Gasteiger partial charge in [0.05, 0.1) is 11.4 Å². The van der Waals surface area contributed by atoms with Crippen molar-refractivity contribution in [3.05, 3.63) is 73.1 Å². The van der Waals surface area contributed by atoms with Crippen LogP contribution in [0, 0.1) is 0 Å². The average Bonchev–Trinajstić information content (AvgIpc) is 2.62. The molecule has 0 bridgehead atoms. The summed E-state index contributed by atoms with van der Waals surface area (Å²) in [5, 5.41) is 8.24. The Balaban J connectivity index is 1.67. The second-order valence-corrected chi connectivity index (χ2v) is 6.51. The summed E-state index contributed by atoms with van der Waals surface area (Å²) in [6.07, 6.45) is 3.53. The molecule has 3 rings (SSSR count). The molecule has 0 atom stereocenters. The molecule has 3 N–H and O–H groups in total. The van der Waals surface area contributed by atoms with Gasteiger partial charge < -0.3 is 9.29 Å². The van der Waals surface area contributed by atoms with E-state index in [2.05, 4.69) is 15.2 Å². The van der Waals surface area contributed by atoms with Crippen LogP contribution < -0.4 is 9.72 Å². The number of nitrogens with zero attached hydrogens (tertiary/aromatic N) is 2. The fourth-order valence-electron chi connectivity index (χ4n) is 1.96. The Morgan fingerprint density at radius 3 is 1.76 bits per heavy atom. The summed E-state index contributed by atoms with van der Waals surface area (Å²) in [5.74, 6) is 1.05. The first kappa shape index (κ1) is 16.7. The third kappa shape index (κ3) is 4.69. The van der Waals surface area contributed by atoms with Crippen molar-refractivity contribution < 1.29 is 22.7 Å². The van der Waals surface area contributed by atoms with Crippen LogP contribution in [0.4, 0.5) is 11.4 Å². The van der Waals surface area contributed by atoms with Crippen LogP contribution in [0.2, 0.25) is 0 Å². The van der Waals surface area contributed by atoms with Crippen LogP contribution in [-0.2, 0) is 10.1 Å². The van der Waals surface area contributed by atoms with E-state index in [4.69, 9.17) is 9.29 Å². The maximum atomic E-state index is 11.1. The zero-order chi connectivity index (χ0) is 17.7. The molecule has 126 valence electrons. The van der Waals surface area contributed by atoms with E-state index in [1.165, 1.54) is 24.3 Å². The molecule has 0 radical (unpaired) electrons. The molecule has 7 nitrogen and oxygen atoms in total. The molecule has 0 saturated heterocycles. The van der Waals surface area contributed by atoms with Crippen molar-refractivity contribution >= 4 is 21.5 Å². The molecule has 8 heteroatoms. The number of ether oxygens (including phenoxy) is 1. The van der Waals surface area contributed by atoms with E-state index in [0.717, 1.165) is 5.69 Å². The quantitative estimate of drug-likeness (QED) is 0.517. The van der Waals surface area contributed by atoms with E-state index in [1.54, 1.807) is 36.7 Å². The predicted molar refractivity (Wildman–Crippen MR) is 90.9 cm³/mol. The van der Waals surface area contributed by atoms with Gasteiger partial charge in [-0.05, 0) is 48.5 Å². The highest BCUT2D eigenvalue weighted by Crippen LogP contribution is 2.25. The van der Waals surface area contributed by atoms with E-state index in [9.17, 15) is 8.42 Å². The van der Waals surface area contributed by atoms with Gasteiger partial charge in [0.1, 0.15) is 16.4 Å². The molecule has 0 aliphatic carbocycles. The molecule has 1 aromatic heterocycles. The Morgan fingerprint density at radius 1 is 0.760 bits per heavy atom. The highest BCUT2D eigenvalue weighted by atomic mass is 32.2. The number of hydrogen-bond donors (Lipinski definition) is 0. The minimum absolute atomic E-state index is 0.0749. The lowest BCUT2D eigenvalue weighted by Crippen LogP contribution is -1.97. The normalized spacial score (nSPS) is 11.6. The number of hydrogen-bond acceptors (Lipinski definition) is 5. The van der Waals surface area contributed by atoms with Gasteiger partial charge in [0.25, 0.3) is 0 Å². The smallest absolute Gasteiger partial charge is 0.409 e. The number of benzene rings is 2. The van der Waals surface area contributed by atoms with Crippen molar-refractivity contribution in [2.45, 2.75) is 4.90 Å². The zero-order valence-corrected chi connectivity index (χ0v) is 13.8. The molecule has 0 unspecified atom stereocenters. The topological polar surface area (TPSA) is 105 Å². The molecule has 0 aliphatic heterocycles. The molecule has 25 heavy (non-hydrogen) atoms. The fraction of sp³-hybridized carbons (Fsp3) is 0. The van der Waals surface area contributed by atoms with Gasteiger partial charge in [-0.25, -0.2) is 4.98 Å². The first-order valence-corrected chi connectivity index (χ1v) is 8.74. The highest BCUT2D eigenvalue weighted by molar-refractivity contribution is 7.85. The highest BCUT2D eigenvalue weighted by Gasteiger charge is 2.13. The molecule has 0 aliphatic rings. The molecule has 3 aromatic rings. The van der Waals surface area contributed by atoms with Crippen LogP contribution in [0.3, 0.4) is 0 Å². The lowest BCUT2D eigenvalue weighted by Gasteiger charge is -2.05. The summed E-state index contributed by atoms with van der Waals surface area (Å²) in [6, 6.07) is 16.3. The lowest BCUT2D eigenvalue weighted by atomic mass is 10.3. The maximum Gasteiger partial charge on any atom is 0.409 e. The van der Waals surface area contributed by atoms with Gasteiger partial charge in [0.15, 0.2) is 12.4 Å². The van der Waals surface area contributed by atoms with Gasteiger partial charge in [-0.1, -0.05) is 0 Å². The monoisotopic (exact) mass is 357 g/mol. The summed E-state index contributed by atoms with van der Waals surface area (Å²) in [4.78, 5) is 2.84. The third-order valence-electron chi connectivity index (χ3n) is 3.19. The second kappa shape index (κ2) is 7.20. The number of aromatic nitrogens is 1. The average molecular weight is 357 g/mol. The summed E-state index contributed by atoms with van der Waals surface area (Å²) in [6.45, 7) is 0. The molecule has 0 saturated carbocycles. The van der Waals surface area contributed by atoms with Crippen molar-refractivity contribution in [1.82, 2.24) is 0 Å². The van der Waals surface area contributed by atoms with Crippen LogP contribution in [0.1, 0.15) is 0 Å². The minimum atomic E-state index is -3.96. The largest absolute Gasteiger partial charge is 0.457 e. The first-order valence-electron chi connectivity index (χ1n) is 7.26. The van der Waals surface area contributed by atoms with Crippen molar-refractivity contribution in [3.8, 4) is 11.5 Å². The van der Waals surface area contributed by atoms with Crippen molar-refractivity contribution in [2.24, 2.45) is 10.2 Å². The second-order valence-electron chi connectivity index (χ2n) is 5.03. The third-order valence-corrected chi connectivity index (χ3v) is 4.08. The number of azo groups is 1. The van der Waals surface area contributed by atoms with Gasteiger partial charge in [-0.3, -0.25) is 0 Å². The number of rotatable bonds is 5. The summed E-state index contributed by atoms with van der Waals surface area (Å²) in [5.41, 5.74) is 1.42. The molecule has 0 amide bonds. The van der Waals surface area contributed by atoms with Gasteiger partial charge in [-0.15, -0.1) is 8.42 Å². The molecule has 1 heterocycles. The van der Waals surface area contributed by atoms with Gasteiger partial charge in [-0.2, -0.15) is 10.2 Å². The number of H-pyrrole nitrogens is 1. The summed E-state index contributed by atoms with van der Waals surface area (Å²) < 4.78 is 34.8. The standard InChI is InChI=1S/C17H13N3O4S/c21-25(22,23)17-7-5-16(6-8-17)24-15-3-1-13(2-4-15)19-20-14-9-11-18-12-10-14/h1-12H,(H,21,22,23)/p+2. The zero-order valence-electron chi connectivity index (χ0n) is 13.0. The minimum Gasteiger partial charge on any atom is -0.457 e. The van der Waals surface area contributed by atoms with Gasteiger partial charge in [0.2, 0.25) is 0 Å². The van der Waals surface area contributed by atoms with Crippen LogP contribution in [-0.4, -0.2) is 13.0 Å². The molecule has 0 fully saturated rings. The van der Waals surface area contributed by atoms with Gasteiger partial charge in [0, 0.05) is 12.1 Å².